The quantitative estimate of drug-likeness (QED) is 0.760. The van der Waals surface area contributed by atoms with Gasteiger partial charge in [0.2, 0.25) is 5.91 Å². The molecular formula is C17H20BrN3O2S. The van der Waals surface area contributed by atoms with Crippen LogP contribution in [0.5, 0.6) is 5.75 Å². The molecule has 5 nitrogen and oxygen atoms in total. The van der Waals surface area contributed by atoms with Crippen LogP contribution in [0.2, 0.25) is 0 Å². The van der Waals surface area contributed by atoms with E-state index in [9.17, 15) is 4.79 Å². The van der Waals surface area contributed by atoms with Gasteiger partial charge in [-0.25, -0.2) is 4.98 Å². The fourth-order valence-electron chi connectivity index (χ4n) is 2.79. The summed E-state index contributed by atoms with van der Waals surface area (Å²) in [7, 11) is 1.65. The van der Waals surface area contributed by atoms with Gasteiger partial charge >= 0.3 is 0 Å². The molecule has 3 rings (SSSR count). The topological polar surface area (TPSA) is 45.7 Å². The Morgan fingerprint density at radius 2 is 2.12 bits per heavy atom. The Kier molecular flexibility index (Phi) is 5.73. The summed E-state index contributed by atoms with van der Waals surface area (Å²) in [5.41, 5.74) is 1.10. The average molecular weight is 410 g/mol. The molecule has 1 aliphatic heterocycles. The van der Waals surface area contributed by atoms with E-state index in [-0.39, 0.29) is 5.91 Å². The van der Waals surface area contributed by atoms with Crippen LogP contribution in [-0.2, 0) is 11.2 Å². The Hall–Kier alpha value is -1.60. The van der Waals surface area contributed by atoms with E-state index in [1.807, 2.05) is 34.7 Å². The fourth-order valence-corrected chi connectivity index (χ4v) is 3.93. The van der Waals surface area contributed by atoms with Crippen molar-refractivity contribution >= 4 is 38.3 Å². The minimum atomic E-state index is 0.212. The molecule has 0 radical (unpaired) electrons. The maximum atomic E-state index is 12.5. The highest BCUT2D eigenvalue weighted by Gasteiger charge is 2.22. The molecule has 128 valence electrons. The Bertz CT molecular complexity index is 685. The van der Waals surface area contributed by atoms with Gasteiger partial charge in [0.05, 0.1) is 7.11 Å². The van der Waals surface area contributed by atoms with Crippen LogP contribution in [-0.4, -0.2) is 49.1 Å². The first-order valence-electron chi connectivity index (χ1n) is 7.92. The number of halogens is 1. The van der Waals surface area contributed by atoms with Crippen LogP contribution in [0.1, 0.15) is 12.0 Å². The molecule has 7 heteroatoms. The van der Waals surface area contributed by atoms with Gasteiger partial charge in [0, 0.05) is 48.6 Å². The Morgan fingerprint density at radius 1 is 1.33 bits per heavy atom. The van der Waals surface area contributed by atoms with E-state index in [0.717, 1.165) is 47.1 Å². The van der Waals surface area contributed by atoms with Crippen molar-refractivity contribution in [3.8, 4) is 5.75 Å². The summed E-state index contributed by atoms with van der Waals surface area (Å²) >= 11 is 5.19. The van der Waals surface area contributed by atoms with Crippen LogP contribution in [0.3, 0.4) is 0 Å². The number of nitrogens with zero attached hydrogens (tertiary/aromatic N) is 3. The Morgan fingerprint density at radius 3 is 2.79 bits per heavy atom. The second-order valence-corrected chi connectivity index (χ2v) is 7.37. The van der Waals surface area contributed by atoms with Crippen molar-refractivity contribution in [3.63, 3.8) is 0 Å². The molecule has 2 heterocycles. The third-order valence-electron chi connectivity index (χ3n) is 4.18. The van der Waals surface area contributed by atoms with Gasteiger partial charge in [-0.2, -0.15) is 0 Å². The molecule has 0 N–H and O–H groups in total. The maximum Gasteiger partial charge on any atom is 0.223 e. The number of benzene rings is 1. The van der Waals surface area contributed by atoms with Gasteiger partial charge in [-0.15, -0.1) is 11.3 Å². The summed E-state index contributed by atoms with van der Waals surface area (Å²) in [5, 5.41) is 3.03. The zero-order valence-electron chi connectivity index (χ0n) is 13.6. The van der Waals surface area contributed by atoms with Gasteiger partial charge in [-0.05, 0) is 30.2 Å². The predicted octanol–water partition coefficient (Wildman–Crippen LogP) is 3.20. The van der Waals surface area contributed by atoms with Crippen molar-refractivity contribution in [1.82, 2.24) is 9.88 Å². The highest BCUT2D eigenvalue weighted by molar-refractivity contribution is 9.10. The highest BCUT2D eigenvalue weighted by atomic mass is 79.9. The van der Waals surface area contributed by atoms with E-state index < -0.39 is 0 Å². The number of thiazole rings is 1. The molecule has 1 amide bonds. The molecule has 0 bridgehead atoms. The van der Waals surface area contributed by atoms with Crippen LogP contribution in [0.4, 0.5) is 5.13 Å². The number of piperazine rings is 1. The lowest BCUT2D eigenvalue weighted by molar-refractivity contribution is -0.131. The molecule has 0 spiro atoms. The van der Waals surface area contributed by atoms with Crippen LogP contribution in [0.15, 0.2) is 34.2 Å². The van der Waals surface area contributed by atoms with E-state index in [0.29, 0.717) is 12.8 Å². The van der Waals surface area contributed by atoms with E-state index in [1.54, 1.807) is 18.4 Å². The van der Waals surface area contributed by atoms with E-state index in [4.69, 9.17) is 4.74 Å². The molecule has 1 aromatic heterocycles. The molecule has 0 atom stereocenters. The fraction of sp³-hybridized carbons (Fsp3) is 0.412. The smallest absolute Gasteiger partial charge is 0.223 e. The van der Waals surface area contributed by atoms with Crippen LogP contribution >= 0.6 is 27.3 Å². The molecule has 0 unspecified atom stereocenters. The van der Waals surface area contributed by atoms with Gasteiger partial charge in [-0.1, -0.05) is 15.9 Å². The zero-order chi connectivity index (χ0) is 16.9. The average Bonchev–Trinajstić information content (AvgIpc) is 3.15. The van der Waals surface area contributed by atoms with Crippen molar-refractivity contribution in [2.75, 3.05) is 38.2 Å². The first-order valence-corrected chi connectivity index (χ1v) is 9.59. The molecule has 24 heavy (non-hydrogen) atoms. The van der Waals surface area contributed by atoms with Crippen molar-refractivity contribution in [2.24, 2.45) is 0 Å². The van der Waals surface area contributed by atoms with Gasteiger partial charge in [0.25, 0.3) is 0 Å². The van der Waals surface area contributed by atoms with Crippen LogP contribution in [0.25, 0.3) is 0 Å². The van der Waals surface area contributed by atoms with E-state index >= 15 is 0 Å². The third-order valence-corrected chi connectivity index (χ3v) is 5.79. The second-order valence-electron chi connectivity index (χ2n) is 5.64. The number of anilines is 1. The lowest BCUT2D eigenvalue weighted by Crippen LogP contribution is -2.48. The van der Waals surface area contributed by atoms with Gasteiger partial charge in [-0.3, -0.25) is 4.79 Å². The van der Waals surface area contributed by atoms with Crippen molar-refractivity contribution in [3.05, 3.63) is 39.8 Å². The number of hydrogen-bond acceptors (Lipinski definition) is 5. The molecule has 0 saturated carbocycles. The predicted molar refractivity (Wildman–Crippen MR) is 99.9 cm³/mol. The normalized spacial score (nSPS) is 14.8. The number of ether oxygens (including phenoxy) is 1. The number of amides is 1. The molecule has 1 aliphatic rings. The summed E-state index contributed by atoms with van der Waals surface area (Å²) in [6, 6.07) is 5.86. The van der Waals surface area contributed by atoms with Crippen LogP contribution in [0, 0.1) is 0 Å². The summed E-state index contributed by atoms with van der Waals surface area (Å²) in [4.78, 5) is 21.0. The van der Waals surface area contributed by atoms with E-state index in [2.05, 4.69) is 25.8 Å². The van der Waals surface area contributed by atoms with Crippen molar-refractivity contribution in [1.29, 1.82) is 0 Å². The standard InChI is InChI=1S/C17H20BrN3O2S/c1-23-14-3-4-15(18)13(12-14)2-5-16(22)20-7-9-21(10-8-20)17-19-6-11-24-17/h3-4,6,11-12H,2,5,7-10H2,1H3. The van der Waals surface area contributed by atoms with E-state index in [1.165, 1.54) is 0 Å². The molecular weight excluding hydrogens is 390 g/mol. The monoisotopic (exact) mass is 409 g/mol. The van der Waals surface area contributed by atoms with Gasteiger partial charge in [0.1, 0.15) is 5.75 Å². The largest absolute Gasteiger partial charge is 0.497 e. The van der Waals surface area contributed by atoms with Gasteiger partial charge in [0.15, 0.2) is 5.13 Å². The summed E-state index contributed by atoms with van der Waals surface area (Å²) in [5.74, 6) is 1.03. The molecule has 1 aromatic carbocycles. The minimum Gasteiger partial charge on any atom is -0.497 e. The number of carbonyl (C=O) groups excluding carboxylic acids is 1. The SMILES string of the molecule is COc1ccc(Br)c(CCC(=O)N2CCN(c3nccs3)CC2)c1. The Balaban J connectivity index is 1.51. The second kappa shape index (κ2) is 7.98. The first kappa shape index (κ1) is 17.2. The number of aromatic nitrogens is 1. The summed E-state index contributed by atoms with van der Waals surface area (Å²) in [6.45, 7) is 3.22. The zero-order valence-corrected chi connectivity index (χ0v) is 16.0. The van der Waals surface area contributed by atoms with Crippen molar-refractivity contribution < 1.29 is 9.53 Å². The molecule has 2 aromatic rings. The Labute approximate surface area is 154 Å². The number of hydrogen-bond donors (Lipinski definition) is 0. The number of rotatable bonds is 5. The van der Waals surface area contributed by atoms with Crippen LogP contribution < -0.4 is 9.64 Å². The first-order chi connectivity index (χ1) is 11.7. The summed E-state index contributed by atoms with van der Waals surface area (Å²) in [6.07, 6.45) is 3.05. The third kappa shape index (κ3) is 4.08. The highest BCUT2D eigenvalue weighted by Crippen LogP contribution is 2.24. The number of aryl methyl sites for hydroxylation is 1. The lowest BCUT2D eigenvalue weighted by Gasteiger charge is -2.34. The summed E-state index contributed by atoms with van der Waals surface area (Å²) < 4.78 is 6.27. The lowest BCUT2D eigenvalue weighted by atomic mass is 10.1. The molecule has 0 aliphatic carbocycles. The van der Waals surface area contributed by atoms with Gasteiger partial charge < -0.3 is 14.5 Å². The number of methoxy groups -OCH3 is 1. The molecule has 1 fully saturated rings. The molecule has 1 saturated heterocycles. The number of carbonyl (C=O) groups is 1. The minimum absolute atomic E-state index is 0.212. The van der Waals surface area contributed by atoms with Crippen molar-refractivity contribution in [2.45, 2.75) is 12.8 Å². The maximum absolute atomic E-state index is 12.5.